The van der Waals surface area contributed by atoms with Gasteiger partial charge in [-0.2, -0.15) is 13.5 Å². The van der Waals surface area contributed by atoms with Crippen LogP contribution in [0.15, 0.2) is 23.1 Å². The van der Waals surface area contributed by atoms with E-state index < -0.39 is 34.4 Å². The van der Waals surface area contributed by atoms with Gasteiger partial charge in [0.2, 0.25) is 10.0 Å². The van der Waals surface area contributed by atoms with E-state index in [1.54, 1.807) is 6.07 Å². The van der Waals surface area contributed by atoms with Crippen molar-refractivity contribution in [3.8, 4) is 0 Å². The highest BCUT2D eigenvalue weighted by Gasteiger charge is 2.27. The minimum Gasteiger partial charge on any atom is -0.481 e. The number of rotatable bonds is 7. The molecule has 2 aromatic rings. The van der Waals surface area contributed by atoms with Gasteiger partial charge in [0.25, 0.3) is 0 Å². The summed E-state index contributed by atoms with van der Waals surface area (Å²) >= 11 is 0.836. The molecule has 11 heteroatoms. The first-order valence-electron chi connectivity index (χ1n) is 5.99. The third-order valence-corrected chi connectivity index (χ3v) is 4.83. The Balaban J connectivity index is 2.31. The number of sulfonamides is 1. The maximum absolute atomic E-state index is 12.3. The van der Waals surface area contributed by atoms with Crippen molar-refractivity contribution >= 4 is 44.7 Å². The molecule has 3 N–H and O–H groups in total. The van der Waals surface area contributed by atoms with Crippen molar-refractivity contribution < 1.29 is 28.2 Å². The maximum Gasteiger partial charge on any atom is 0.321 e. The number of fused-ring (bicyclic) bond motifs is 1. The summed E-state index contributed by atoms with van der Waals surface area (Å²) in [7, 11) is -4.17. The average molecular weight is 345 g/mol. The number of aromatic nitrogens is 2. The molecule has 0 fully saturated rings. The molecule has 1 aromatic carbocycles. The molecule has 0 saturated heterocycles. The predicted molar refractivity (Wildman–Crippen MR) is 76.0 cm³/mol. The van der Waals surface area contributed by atoms with Crippen molar-refractivity contribution in [1.82, 2.24) is 13.5 Å². The number of benzene rings is 1. The highest BCUT2D eigenvalue weighted by atomic mass is 32.2. The lowest BCUT2D eigenvalue weighted by Crippen LogP contribution is -2.41. The van der Waals surface area contributed by atoms with Gasteiger partial charge in [-0.25, -0.2) is 8.42 Å². The molecule has 0 spiro atoms. The fraction of sp³-hybridized carbons (Fsp3) is 0.273. The summed E-state index contributed by atoms with van der Waals surface area (Å²) < 4.78 is 34.4. The Hall–Kier alpha value is -2.11. The number of nitrogens with zero attached hydrogens (tertiary/aromatic N) is 2. The predicted octanol–water partition coefficient (Wildman–Crippen LogP) is 0.288. The minimum atomic E-state index is -4.17. The lowest BCUT2D eigenvalue weighted by atomic mass is 10.2. The van der Waals surface area contributed by atoms with Crippen molar-refractivity contribution in [3.05, 3.63) is 18.2 Å². The first kappa shape index (κ1) is 16.3. The Kier molecular flexibility index (Phi) is 4.68. The Labute approximate surface area is 129 Å². The van der Waals surface area contributed by atoms with Crippen LogP contribution in [0.25, 0.3) is 11.0 Å². The Morgan fingerprint density at radius 3 is 2.64 bits per heavy atom. The molecule has 1 aromatic heterocycles. The lowest BCUT2D eigenvalue weighted by molar-refractivity contribution is -0.140. The van der Waals surface area contributed by atoms with Crippen LogP contribution in [-0.4, -0.2) is 45.4 Å². The highest BCUT2D eigenvalue weighted by Crippen LogP contribution is 2.21. The van der Waals surface area contributed by atoms with Crippen LogP contribution >= 0.6 is 11.7 Å². The molecule has 1 atom stereocenters. The van der Waals surface area contributed by atoms with Gasteiger partial charge < -0.3 is 10.2 Å². The summed E-state index contributed by atoms with van der Waals surface area (Å²) in [6.45, 7) is 0. The summed E-state index contributed by atoms with van der Waals surface area (Å²) in [5, 5.41) is 17.6. The van der Waals surface area contributed by atoms with Crippen LogP contribution in [0.2, 0.25) is 0 Å². The molecule has 0 aliphatic rings. The van der Waals surface area contributed by atoms with Crippen LogP contribution in [0.3, 0.4) is 0 Å². The van der Waals surface area contributed by atoms with E-state index in [1.807, 2.05) is 4.72 Å². The number of hydrogen-bond acceptors (Lipinski definition) is 7. The second-order valence-corrected chi connectivity index (χ2v) is 6.54. The van der Waals surface area contributed by atoms with Crippen LogP contribution in [0.4, 0.5) is 0 Å². The van der Waals surface area contributed by atoms with Crippen molar-refractivity contribution in [3.63, 3.8) is 0 Å². The van der Waals surface area contributed by atoms with Crippen LogP contribution in [-0.2, 0) is 19.6 Å². The second-order valence-electron chi connectivity index (χ2n) is 4.33. The van der Waals surface area contributed by atoms with E-state index in [0.717, 1.165) is 11.7 Å². The molecular formula is C11H11N3O6S2. The first-order chi connectivity index (χ1) is 10.3. The van der Waals surface area contributed by atoms with Crippen molar-refractivity contribution in [2.24, 2.45) is 0 Å². The quantitative estimate of drug-likeness (QED) is 0.648. The molecule has 0 amide bonds. The average Bonchev–Trinajstić information content (AvgIpc) is 2.90. The van der Waals surface area contributed by atoms with Crippen LogP contribution < -0.4 is 4.72 Å². The van der Waals surface area contributed by atoms with Gasteiger partial charge in [0.05, 0.1) is 11.7 Å². The molecule has 1 heterocycles. The van der Waals surface area contributed by atoms with E-state index in [0.29, 0.717) is 5.52 Å². The molecule has 0 saturated carbocycles. The molecule has 0 radical (unpaired) electrons. The molecule has 9 nitrogen and oxygen atoms in total. The monoisotopic (exact) mass is 345 g/mol. The fourth-order valence-corrected chi connectivity index (χ4v) is 3.74. The smallest absolute Gasteiger partial charge is 0.321 e. The third kappa shape index (κ3) is 3.55. The van der Waals surface area contributed by atoms with E-state index in [1.165, 1.54) is 12.1 Å². The SMILES string of the molecule is O=C(O)CC[C@H](NS(=O)(=O)c1cccc2nsnc12)C(=O)O. The molecule has 0 bridgehead atoms. The summed E-state index contributed by atoms with van der Waals surface area (Å²) in [6, 6.07) is 2.78. The van der Waals surface area contributed by atoms with Crippen molar-refractivity contribution in [1.29, 1.82) is 0 Å². The topological polar surface area (TPSA) is 147 Å². The summed E-state index contributed by atoms with van der Waals surface area (Å²) in [4.78, 5) is 21.4. The molecular weight excluding hydrogens is 334 g/mol. The fourth-order valence-electron chi connectivity index (χ4n) is 1.75. The van der Waals surface area contributed by atoms with Gasteiger partial charge in [0.15, 0.2) is 0 Å². The number of hydrogen-bond donors (Lipinski definition) is 3. The van der Waals surface area contributed by atoms with Gasteiger partial charge in [-0.15, -0.1) is 0 Å². The number of carbonyl (C=O) groups is 2. The van der Waals surface area contributed by atoms with E-state index in [4.69, 9.17) is 10.2 Å². The van der Waals surface area contributed by atoms with Gasteiger partial charge in [-0.05, 0) is 18.6 Å². The van der Waals surface area contributed by atoms with Crippen molar-refractivity contribution in [2.45, 2.75) is 23.8 Å². The Morgan fingerprint density at radius 1 is 1.27 bits per heavy atom. The Bertz CT molecular complexity index is 816. The van der Waals surface area contributed by atoms with Gasteiger partial charge in [-0.1, -0.05) is 6.07 Å². The zero-order chi connectivity index (χ0) is 16.3. The van der Waals surface area contributed by atoms with Gasteiger partial charge in [0, 0.05) is 6.42 Å². The maximum atomic E-state index is 12.3. The molecule has 2 rings (SSSR count). The van der Waals surface area contributed by atoms with E-state index in [-0.39, 0.29) is 16.8 Å². The number of carboxylic acids is 2. The zero-order valence-corrected chi connectivity index (χ0v) is 12.6. The molecule has 0 aliphatic carbocycles. The first-order valence-corrected chi connectivity index (χ1v) is 8.21. The number of aliphatic carboxylic acids is 2. The van der Waals surface area contributed by atoms with Crippen LogP contribution in [0.5, 0.6) is 0 Å². The third-order valence-electron chi connectivity index (χ3n) is 2.78. The molecule has 118 valence electrons. The summed E-state index contributed by atoms with van der Waals surface area (Å²) in [6.07, 6.45) is -0.836. The molecule has 22 heavy (non-hydrogen) atoms. The lowest BCUT2D eigenvalue weighted by Gasteiger charge is -2.14. The zero-order valence-electron chi connectivity index (χ0n) is 11.0. The van der Waals surface area contributed by atoms with E-state index in [9.17, 15) is 18.0 Å². The van der Waals surface area contributed by atoms with Gasteiger partial charge >= 0.3 is 11.9 Å². The van der Waals surface area contributed by atoms with Crippen LogP contribution in [0.1, 0.15) is 12.8 Å². The van der Waals surface area contributed by atoms with Gasteiger partial charge in [-0.3, -0.25) is 9.59 Å². The van der Waals surface area contributed by atoms with Crippen molar-refractivity contribution in [2.75, 3.05) is 0 Å². The number of carboxylic acid groups (broad SMARTS) is 2. The summed E-state index contributed by atoms with van der Waals surface area (Å²) in [5.74, 6) is -2.66. The standard InChI is InChI=1S/C11H11N3O6S2/c15-9(16)5-4-7(11(17)18)14-22(19,20)8-3-1-2-6-10(8)13-21-12-6/h1-3,7,14H,4-5H2,(H,15,16)(H,17,18)/t7-/m0/s1. The number of nitrogens with one attached hydrogen (secondary N) is 1. The summed E-state index contributed by atoms with van der Waals surface area (Å²) in [5.41, 5.74) is 0.521. The molecule has 0 aliphatic heterocycles. The largest absolute Gasteiger partial charge is 0.481 e. The van der Waals surface area contributed by atoms with E-state index >= 15 is 0 Å². The van der Waals surface area contributed by atoms with E-state index in [2.05, 4.69) is 8.75 Å². The second kappa shape index (κ2) is 6.34. The minimum absolute atomic E-state index is 0.141. The van der Waals surface area contributed by atoms with Gasteiger partial charge in [0.1, 0.15) is 22.0 Å². The Morgan fingerprint density at radius 2 is 2.00 bits per heavy atom. The highest BCUT2D eigenvalue weighted by molar-refractivity contribution is 7.89. The van der Waals surface area contributed by atoms with Crippen LogP contribution in [0, 0.1) is 0 Å². The normalized spacial score (nSPS) is 13.1. The molecule has 0 unspecified atom stereocenters.